The number of sulfone groups is 1. The minimum atomic E-state index is -2.93. The van der Waals surface area contributed by atoms with E-state index in [1.165, 1.54) is 0 Å². The molecule has 0 bridgehead atoms. The van der Waals surface area contributed by atoms with Gasteiger partial charge in [0, 0.05) is 18.5 Å². The van der Waals surface area contributed by atoms with E-state index in [2.05, 4.69) is 4.98 Å². The van der Waals surface area contributed by atoms with Crippen LogP contribution < -0.4 is 4.90 Å². The third-order valence-corrected chi connectivity index (χ3v) is 5.23. The van der Waals surface area contributed by atoms with Gasteiger partial charge in [-0.25, -0.2) is 18.2 Å². The van der Waals surface area contributed by atoms with Crippen molar-refractivity contribution in [3.63, 3.8) is 0 Å². The highest BCUT2D eigenvalue weighted by Crippen LogP contribution is 2.22. The fourth-order valence-electron chi connectivity index (χ4n) is 2.45. The average Bonchev–Trinajstić information content (AvgIpc) is 2.46. The van der Waals surface area contributed by atoms with Crippen LogP contribution in [0, 0.1) is 0 Å². The van der Waals surface area contributed by atoms with E-state index in [0.29, 0.717) is 29.8 Å². The number of carboxylic acid groups (broad SMARTS) is 1. The highest BCUT2D eigenvalue weighted by atomic mass is 32.2. The van der Waals surface area contributed by atoms with Crippen LogP contribution in [0.25, 0.3) is 10.9 Å². The molecule has 1 saturated heterocycles. The Labute approximate surface area is 121 Å². The van der Waals surface area contributed by atoms with E-state index in [4.69, 9.17) is 5.11 Å². The lowest BCUT2D eigenvalue weighted by molar-refractivity contribution is 0.0699. The summed E-state index contributed by atoms with van der Waals surface area (Å²) in [6.45, 7) is 0.832. The summed E-state index contributed by atoms with van der Waals surface area (Å²) in [5, 5.41) is 9.74. The third kappa shape index (κ3) is 2.69. The number of anilines is 1. The zero-order chi connectivity index (χ0) is 15.0. The van der Waals surface area contributed by atoms with Gasteiger partial charge in [-0.05, 0) is 24.3 Å². The quantitative estimate of drug-likeness (QED) is 0.896. The summed E-state index contributed by atoms with van der Waals surface area (Å²) in [5.41, 5.74) is 0.814. The van der Waals surface area contributed by atoms with E-state index in [1.807, 2.05) is 4.90 Å². The summed E-state index contributed by atoms with van der Waals surface area (Å²) in [6, 6.07) is 8.42. The summed E-state index contributed by atoms with van der Waals surface area (Å²) >= 11 is 0. The smallest absolute Gasteiger partial charge is 0.336 e. The Kier molecular flexibility index (Phi) is 3.29. The predicted molar refractivity (Wildman–Crippen MR) is 79.6 cm³/mol. The molecule has 6 nitrogen and oxygen atoms in total. The number of benzene rings is 1. The number of carboxylic acids is 1. The molecular formula is C14H14N2O4S. The van der Waals surface area contributed by atoms with Crippen molar-refractivity contribution in [2.45, 2.75) is 0 Å². The van der Waals surface area contributed by atoms with Crippen LogP contribution in [0.2, 0.25) is 0 Å². The topological polar surface area (TPSA) is 87.6 Å². The minimum absolute atomic E-state index is 0.127. The van der Waals surface area contributed by atoms with Crippen molar-refractivity contribution in [2.24, 2.45) is 0 Å². The molecule has 0 unspecified atom stereocenters. The normalized spacial score (nSPS) is 17.8. The molecule has 0 spiro atoms. The van der Waals surface area contributed by atoms with Crippen LogP contribution in [0.1, 0.15) is 10.4 Å². The SMILES string of the molecule is O=C(O)c1cccc2nc(N3CCS(=O)(=O)CC3)ccc12. The van der Waals surface area contributed by atoms with Gasteiger partial charge in [0.05, 0.1) is 22.6 Å². The molecule has 0 radical (unpaired) electrons. The number of hydrogen-bond donors (Lipinski definition) is 1. The van der Waals surface area contributed by atoms with Gasteiger partial charge in [0.1, 0.15) is 5.82 Å². The van der Waals surface area contributed by atoms with Gasteiger partial charge >= 0.3 is 5.97 Å². The van der Waals surface area contributed by atoms with E-state index >= 15 is 0 Å². The maximum atomic E-state index is 11.4. The number of aromatic carboxylic acids is 1. The van der Waals surface area contributed by atoms with Crippen molar-refractivity contribution < 1.29 is 18.3 Å². The van der Waals surface area contributed by atoms with E-state index in [9.17, 15) is 13.2 Å². The van der Waals surface area contributed by atoms with Crippen LogP contribution in [0.3, 0.4) is 0 Å². The first-order valence-corrected chi connectivity index (χ1v) is 8.37. The van der Waals surface area contributed by atoms with Crippen molar-refractivity contribution in [3.05, 3.63) is 35.9 Å². The van der Waals surface area contributed by atoms with Gasteiger partial charge in [0.2, 0.25) is 0 Å². The van der Waals surface area contributed by atoms with Gasteiger partial charge in [-0.1, -0.05) is 6.07 Å². The number of nitrogens with zero attached hydrogens (tertiary/aromatic N) is 2. The van der Waals surface area contributed by atoms with Crippen molar-refractivity contribution >= 4 is 32.5 Å². The fourth-order valence-corrected chi connectivity index (χ4v) is 3.65. The highest BCUT2D eigenvalue weighted by Gasteiger charge is 2.22. The first kappa shape index (κ1) is 13.8. The zero-order valence-electron chi connectivity index (χ0n) is 11.2. The van der Waals surface area contributed by atoms with E-state index < -0.39 is 15.8 Å². The molecule has 0 aliphatic carbocycles. The molecule has 7 heteroatoms. The van der Waals surface area contributed by atoms with Crippen LogP contribution in [0.4, 0.5) is 5.82 Å². The second kappa shape index (κ2) is 5.00. The van der Waals surface area contributed by atoms with Gasteiger partial charge in [-0.3, -0.25) is 0 Å². The van der Waals surface area contributed by atoms with E-state index in [1.54, 1.807) is 30.3 Å². The molecular weight excluding hydrogens is 292 g/mol. The summed E-state index contributed by atoms with van der Waals surface area (Å²) < 4.78 is 22.9. The van der Waals surface area contributed by atoms with Gasteiger partial charge in [-0.2, -0.15) is 0 Å². The van der Waals surface area contributed by atoms with Crippen LogP contribution in [-0.2, 0) is 9.84 Å². The largest absolute Gasteiger partial charge is 0.478 e. The molecule has 2 heterocycles. The monoisotopic (exact) mass is 306 g/mol. The molecule has 0 saturated carbocycles. The molecule has 0 amide bonds. The Morgan fingerprint density at radius 3 is 2.52 bits per heavy atom. The highest BCUT2D eigenvalue weighted by molar-refractivity contribution is 7.91. The molecule has 1 aromatic heterocycles. The minimum Gasteiger partial charge on any atom is -0.478 e. The van der Waals surface area contributed by atoms with Crippen LogP contribution in [-0.4, -0.2) is 49.1 Å². The molecule has 1 aliphatic rings. The third-order valence-electron chi connectivity index (χ3n) is 3.62. The molecule has 1 N–H and O–H groups in total. The number of fused-ring (bicyclic) bond motifs is 1. The summed E-state index contributed by atoms with van der Waals surface area (Å²) in [7, 11) is -2.93. The Bertz CT molecular complexity index is 803. The number of rotatable bonds is 2. The van der Waals surface area contributed by atoms with Crippen molar-refractivity contribution in [3.8, 4) is 0 Å². The second-order valence-corrected chi connectivity index (χ2v) is 7.29. The van der Waals surface area contributed by atoms with Gasteiger partial charge < -0.3 is 10.0 Å². The first-order chi connectivity index (χ1) is 9.96. The van der Waals surface area contributed by atoms with E-state index in [0.717, 1.165) is 0 Å². The van der Waals surface area contributed by atoms with Crippen molar-refractivity contribution in [1.82, 2.24) is 4.98 Å². The standard InChI is InChI=1S/C14H14N2O4S/c17-14(18)11-2-1-3-12-10(11)4-5-13(15-12)16-6-8-21(19,20)9-7-16/h1-5H,6-9H2,(H,17,18). The second-order valence-electron chi connectivity index (χ2n) is 4.99. The Morgan fingerprint density at radius 1 is 1.14 bits per heavy atom. The summed E-state index contributed by atoms with van der Waals surface area (Å²) in [6.07, 6.45) is 0. The fraction of sp³-hybridized carbons (Fsp3) is 0.286. The lowest BCUT2D eigenvalue weighted by Gasteiger charge is -2.27. The van der Waals surface area contributed by atoms with Crippen LogP contribution in [0.5, 0.6) is 0 Å². The van der Waals surface area contributed by atoms with Gasteiger partial charge in [0.15, 0.2) is 9.84 Å². The van der Waals surface area contributed by atoms with Gasteiger partial charge in [0.25, 0.3) is 0 Å². The Morgan fingerprint density at radius 2 is 1.86 bits per heavy atom. The first-order valence-electron chi connectivity index (χ1n) is 6.55. The lowest BCUT2D eigenvalue weighted by Crippen LogP contribution is -2.40. The van der Waals surface area contributed by atoms with E-state index in [-0.39, 0.29) is 17.1 Å². The molecule has 21 heavy (non-hydrogen) atoms. The lowest BCUT2D eigenvalue weighted by atomic mass is 10.1. The number of aromatic nitrogens is 1. The molecule has 3 rings (SSSR count). The zero-order valence-corrected chi connectivity index (χ0v) is 12.0. The van der Waals surface area contributed by atoms with Crippen LogP contribution >= 0.6 is 0 Å². The van der Waals surface area contributed by atoms with Gasteiger partial charge in [-0.15, -0.1) is 0 Å². The average molecular weight is 306 g/mol. The maximum absolute atomic E-state index is 11.4. The van der Waals surface area contributed by atoms with Crippen molar-refractivity contribution in [2.75, 3.05) is 29.5 Å². The maximum Gasteiger partial charge on any atom is 0.336 e. The summed E-state index contributed by atoms with van der Waals surface area (Å²) in [4.78, 5) is 17.5. The number of carbonyl (C=O) groups is 1. The Hall–Kier alpha value is -2.15. The molecule has 1 fully saturated rings. The Balaban J connectivity index is 1.97. The predicted octanol–water partition coefficient (Wildman–Crippen LogP) is 1.17. The molecule has 110 valence electrons. The molecule has 1 aromatic carbocycles. The molecule has 1 aliphatic heterocycles. The molecule has 2 aromatic rings. The number of hydrogen-bond acceptors (Lipinski definition) is 5. The van der Waals surface area contributed by atoms with Crippen molar-refractivity contribution in [1.29, 1.82) is 0 Å². The summed E-state index contributed by atoms with van der Waals surface area (Å²) in [5.74, 6) is -0.0526. The number of pyridine rings is 1. The van der Waals surface area contributed by atoms with Crippen LogP contribution in [0.15, 0.2) is 30.3 Å². The molecule has 0 atom stereocenters.